The van der Waals surface area contributed by atoms with E-state index in [1.54, 1.807) is 18.2 Å². The molecule has 0 fully saturated rings. The fraction of sp³-hybridized carbons (Fsp3) is 0.0769. The lowest BCUT2D eigenvalue weighted by Gasteiger charge is -2.07. The van der Waals surface area contributed by atoms with Gasteiger partial charge in [0.2, 0.25) is 0 Å². The van der Waals surface area contributed by atoms with Crippen molar-refractivity contribution in [2.45, 2.75) is 6.61 Å². The maximum Gasteiger partial charge on any atom is 0.129 e. The van der Waals surface area contributed by atoms with E-state index in [0.717, 1.165) is 23.8 Å². The molecule has 0 aliphatic heterocycles. The number of benzene rings is 2. The molecule has 0 heterocycles. The number of hydrogen-bond acceptors (Lipinski definition) is 1. The molecule has 88 valence electrons. The molecule has 0 bridgehead atoms. The first-order valence-electron chi connectivity index (χ1n) is 4.97. The second-order valence-electron chi connectivity index (χ2n) is 3.49. The Morgan fingerprint density at radius 2 is 1.65 bits per heavy atom. The van der Waals surface area contributed by atoms with E-state index in [4.69, 9.17) is 16.3 Å². The standard InChI is InChI=1S/C13H9ClF2O/c14-13-4-2-1-3-9(13)8-17-12-6-10(15)5-11(16)7-12/h1-7H,8H2. The number of ether oxygens (including phenoxy) is 1. The van der Waals surface area contributed by atoms with Crippen LogP contribution in [0, 0.1) is 11.6 Å². The third kappa shape index (κ3) is 3.17. The summed E-state index contributed by atoms with van der Waals surface area (Å²) < 4.78 is 31.0. The molecule has 2 rings (SSSR count). The summed E-state index contributed by atoms with van der Waals surface area (Å²) in [5, 5.41) is 0.560. The van der Waals surface area contributed by atoms with Gasteiger partial charge in [-0.25, -0.2) is 8.78 Å². The minimum Gasteiger partial charge on any atom is -0.489 e. The molecule has 0 unspecified atom stereocenters. The zero-order chi connectivity index (χ0) is 12.3. The number of hydrogen-bond donors (Lipinski definition) is 0. The van der Waals surface area contributed by atoms with Crippen molar-refractivity contribution >= 4 is 11.6 Å². The van der Waals surface area contributed by atoms with Gasteiger partial charge in [0, 0.05) is 28.8 Å². The largest absolute Gasteiger partial charge is 0.489 e. The highest BCUT2D eigenvalue weighted by Gasteiger charge is 2.03. The fourth-order valence-electron chi connectivity index (χ4n) is 1.39. The van der Waals surface area contributed by atoms with Gasteiger partial charge in [-0.1, -0.05) is 29.8 Å². The second kappa shape index (κ2) is 5.15. The van der Waals surface area contributed by atoms with E-state index in [0.29, 0.717) is 5.02 Å². The second-order valence-corrected chi connectivity index (χ2v) is 3.89. The molecule has 0 N–H and O–H groups in total. The first-order valence-corrected chi connectivity index (χ1v) is 5.35. The third-order valence-electron chi connectivity index (χ3n) is 2.19. The molecule has 0 aromatic heterocycles. The monoisotopic (exact) mass is 254 g/mol. The average Bonchev–Trinajstić information content (AvgIpc) is 2.27. The Morgan fingerprint density at radius 3 is 2.29 bits per heavy atom. The van der Waals surface area contributed by atoms with Crippen LogP contribution >= 0.6 is 11.6 Å². The van der Waals surface area contributed by atoms with E-state index in [1.165, 1.54) is 0 Å². The van der Waals surface area contributed by atoms with Crippen LogP contribution in [-0.2, 0) is 6.61 Å². The van der Waals surface area contributed by atoms with E-state index in [1.807, 2.05) is 6.07 Å². The zero-order valence-corrected chi connectivity index (χ0v) is 9.55. The highest BCUT2D eigenvalue weighted by atomic mass is 35.5. The van der Waals surface area contributed by atoms with Gasteiger partial charge in [0.1, 0.15) is 24.0 Å². The topological polar surface area (TPSA) is 9.23 Å². The van der Waals surface area contributed by atoms with Crippen LogP contribution in [0.1, 0.15) is 5.56 Å². The number of halogens is 3. The predicted molar refractivity (Wildman–Crippen MR) is 62.1 cm³/mol. The van der Waals surface area contributed by atoms with Crippen LogP contribution in [0.25, 0.3) is 0 Å². The average molecular weight is 255 g/mol. The van der Waals surface area contributed by atoms with E-state index < -0.39 is 11.6 Å². The summed E-state index contributed by atoms with van der Waals surface area (Å²) in [6.07, 6.45) is 0. The quantitative estimate of drug-likeness (QED) is 0.798. The van der Waals surface area contributed by atoms with Crippen LogP contribution in [0.3, 0.4) is 0 Å². The van der Waals surface area contributed by atoms with Crippen molar-refractivity contribution in [1.82, 2.24) is 0 Å². The molecule has 0 radical (unpaired) electrons. The van der Waals surface area contributed by atoms with Crippen molar-refractivity contribution in [3.63, 3.8) is 0 Å². The summed E-state index contributed by atoms with van der Waals surface area (Å²) in [6, 6.07) is 10.2. The van der Waals surface area contributed by atoms with Gasteiger partial charge in [-0.2, -0.15) is 0 Å². The molecule has 4 heteroatoms. The lowest BCUT2D eigenvalue weighted by molar-refractivity contribution is 0.303. The van der Waals surface area contributed by atoms with Crippen molar-refractivity contribution in [3.8, 4) is 5.75 Å². The van der Waals surface area contributed by atoms with E-state index >= 15 is 0 Å². The Morgan fingerprint density at radius 1 is 1.00 bits per heavy atom. The van der Waals surface area contributed by atoms with Crippen LogP contribution in [-0.4, -0.2) is 0 Å². The predicted octanol–water partition coefficient (Wildman–Crippen LogP) is 4.20. The van der Waals surface area contributed by atoms with Crippen molar-refractivity contribution in [2.24, 2.45) is 0 Å². The van der Waals surface area contributed by atoms with Crippen LogP contribution in [0.5, 0.6) is 5.75 Å². The third-order valence-corrected chi connectivity index (χ3v) is 2.56. The van der Waals surface area contributed by atoms with Gasteiger partial charge in [-0.05, 0) is 6.07 Å². The Hall–Kier alpha value is -1.61. The van der Waals surface area contributed by atoms with Gasteiger partial charge in [-0.15, -0.1) is 0 Å². The molecule has 17 heavy (non-hydrogen) atoms. The molecule has 0 aliphatic carbocycles. The summed E-state index contributed by atoms with van der Waals surface area (Å²) in [6.45, 7) is 0.169. The minimum absolute atomic E-state index is 0.141. The first-order chi connectivity index (χ1) is 8.15. The molecule has 2 aromatic rings. The molecule has 0 saturated heterocycles. The van der Waals surface area contributed by atoms with Gasteiger partial charge >= 0.3 is 0 Å². The van der Waals surface area contributed by atoms with Crippen molar-refractivity contribution in [1.29, 1.82) is 0 Å². The van der Waals surface area contributed by atoms with E-state index in [2.05, 4.69) is 0 Å². The lowest BCUT2D eigenvalue weighted by Crippen LogP contribution is -1.97. The molecular formula is C13H9ClF2O. The van der Waals surface area contributed by atoms with E-state index in [9.17, 15) is 8.78 Å². The van der Waals surface area contributed by atoms with Gasteiger partial charge in [0.05, 0.1) is 0 Å². The van der Waals surface area contributed by atoms with Gasteiger partial charge in [0.25, 0.3) is 0 Å². The smallest absolute Gasteiger partial charge is 0.129 e. The summed E-state index contributed by atoms with van der Waals surface area (Å²) in [4.78, 5) is 0. The first kappa shape index (κ1) is 11.9. The number of rotatable bonds is 3. The SMILES string of the molecule is Fc1cc(F)cc(OCc2ccccc2Cl)c1. The summed E-state index contributed by atoms with van der Waals surface area (Å²) in [5.74, 6) is -1.19. The summed E-state index contributed by atoms with van der Waals surface area (Å²) >= 11 is 5.92. The Bertz CT molecular complexity index is 508. The summed E-state index contributed by atoms with van der Waals surface area (Å²) in [5.41, 5.74) is 0.763. The lowest BCUT2D eigenvalue weighted by atomic mass is 10.2. The van der Waals surface area contributed by atoms with Crippen molar-refractivity contribution in [2.75, 3.05) is 0 Å². The van der Waals surface area contributed by atoms with Crippen LogP contribution in [0.15, 0.2) is 42.5 Å². The highest BCUT2D eigenvalue weighted by Crippen LogP contribution is 2.20. The minimum atomic E-state index is -0.667. The van der Waals surface area contributed by atoms with E-state index in [-0.39, 0.29) is 12.4 Å². The maximum absolute atomic E-state index is 12.9. The Balaban J connectivity index is 2.10. The van der Waals surface area contributed by atoms with Crippen molar-refractivity contribution in [3.05, 3.63) is 64.7 Å². The molecule has 0 saturated carbocycles. The summed E-state index contributed by atoms with van der Waals surface area (Å²) in [7, 11) is 0. The highest BCUT2D eigenvalue weighted by molar-refractivity contribution is 6.31. The zero-order valence-electron chi connectivity index (χ0n) is 8.79. The normalized spacial score (nSPS) is 10.3. The van der Waals surface area contributed by atoms with Gasteiger partial charge < -0.3 is 4.74 Å². The maximum atomic E-state index is 12.9. The molecule has 2 aromatic carbocycles. The molecular weight excluding hydrogens is 246 g/mol. The molecule has 0 amide bonds. The molecule has 0 aliphatic rings. The Kier molecular flexibility index (Phi) is 3.59. The molecule has 0 atom stereocenters. The van der Waals surface area contributed by atoms with Crippen LogP contribution in [0.2, 0.25) is 5.02 Å². The Labute approximate surface area is 103 Å². The van der Waals surface area contributed by atoms with Crippen LogP contribution in [0.4, 0.5) is 8.78 Å². The molecule has 0 spiro atoms. The van der Waals surface area contributed by atoms with Crippen molar-refractivity contribution < 1.29 is 13.5 Å². The van der Waals surface area contributed by atoms with Crippen LogP contribution < -0.4 is 4.74 Å². The fourth-order valence-corrected chi connectivity index (χ4v) is 1.58. The van der Waals surface area contributed by atoms with Gasteiger partial charge in [0.15, 0.2) is 0 Å². The molecule has 1 nitrogen and oxygen atoms in total. The van der Waals surface area contributed by atoms with Gasteiger partial charge in [-0.3, -0.25) is 0 Å².